The molecule has 0 fully saturated rings. The molecule has 2 N–H and O–H groups in total. The summed E-state index contributed by atoms with van der Waals surface area (Å²) in [6, 6.07) is 11.3. The van der Waals surface area contributed by atoms with Crippen LogP contribution >= 0.6 is 11.6 Å². The molecule has 1 amide bonds. The Kier molecular flexibility index (Phi) is 5.20. The van der Waals surface area contributed by atoms with E-state index in [-0.39, 0.29) is 10.9 Å². The van der Waals surface area contributed by atoms with Crippen LogP contribution in [0.25, 0.3) is 0 Å². The van der Waals surface area contributed by atoms with Gasteiger partial charge in [-0.1, -0.05) is 11.6 Å². The number of pyridine rings is 2. The number of anilines is 2. The number of hydrogen-bond acceptors (Lipinski definition) is 4. The average molecular weight is 357 g/mol. The maximum absolute atomic E-state index is 13.2. The molecule has 0 aliphatic carbocycles. The molecule has 0 aliphatic heterocycles. The third-order valence-corrected chi connectivity index (χ3v) is 3.71. The van der Waals surface area contributed by atoms with Gasteiger partial charge in [-0.25, -0.2) is 9.37 Å². The van der Waals surface area contributed by atoms with Gasteiger partial charge in [0, 0.05) is 30.8 Å². The summed E-state index contributed by atoms with van der Waals surface area (Å²) < 4.78 is 13.2. The van der Waals surface area contributed by atoms with Gasteiger partial charge in [-0.3, -0.25) is 9.78 Å². The molecular weight excluding hydrogens is 343 g/mol. The highest BCUT2D eigenvalue weighted by Crippen LogP contribution is 2.21. The predicted octanol–water partition coefficient (Wildman–Crippen LogP) is 3.94. The fraction of sp³-hybridized carbons (Fsp3) is 0.0556. The minimum Gasteiger partial charge on any atom is -0.348 e. The summed E-state index contributed by atoms with van der Waals surface area (Å²) >= 11 is 5.74. The van der Waals surface area contributed by atoms with Crippen molar-refractivity contribution in [2.75, 3.05) is 5.32 Å². The van der Waals surface area contributed by atoms with E-state index in [0.717, 1.165) is 5.56 Å². The molecule has 2 aromatic heterocycles. The molecule has 0 aliphatic rings. The summed E-state index contributed by atoms with van der Waals surface area (Å²) in [7, 11) is 0. The number of rotatable bonds is 5. The Labute approximate surface area is 148 Å². The maximum atomic E-state index is 13.2. The first-order chi connectivity index (χ1) is 12.1. The lowest BCUT2D eigenvalue weighted by Crippen LogP contribution is -2.22. The molecule has 0 saturated carbocycles. The molecule has 0 unspecified atom stereocenters. The molecule has 0 spiro atoms. The molecule has 5 nitrogen and oxygen atoms in total. The van der Waals surface area contributed by atoms with Gasteiger partial charge in [0.05, 0.1) is 10.6 Å². The van der Waals surface area contributed by atoms with Crippen LogP contribution in [0.2, 0.25) is 5.02 Å². The normalized spacial score (nSPS) is 10.3. The predicted molar refractivity (Wildman–Crippen MR) is 94.3 cm³/mol. The van der Waals surface area contributed by atoms with Gasteiger partial charge in [0.25, 0.3) is 5.91 Å². The fourth-order valence-electron chi connectivity index (χ4n) is 2.11. The number of carbonyl (C=O) groups excluding carboxylic acids is 1. The number of benzene rings is 1. The van der Waals surface area contributed by atoms with E-state index in [0.29, 0.717) is 23.6 Å². The second-order valence-corrected chi connectivity index (χ2v) is 5.63. The SMILES string of the molecule is O=C(NCc1ccncc1)c1ccc(Nc2ccc(F)c(Cl)c2)nc1. The minimum absolute atomic E-state index is 0.0251. The number of nitrogens with zero attached hydrogens (tertiary/aromatic N) is 2. The van der Waals surface area contributed by atoms with Crippen molar-refractivity contribution in [1.29, 1.82) is 0 Å². The van der Waals surface area contributed by atoms with Gasteiger partial charge >= 0.3 is 0 Å². The van der Waals surface area contributed by atoms with E-state index in [1.165, 1.54) is 18.3 Å². The second kappa shape index (κ2) is 7.72. The van der Waals surface area contributed by atoms with E-state index >= 15 is 0 Å². The highest BCUT2D eigenvalue weighted by Gasteiger charge is 2.07. The fourth-order valence-corrected chi connectivity index (χ4v) is 2.29. The summed E-state index contributed by atoms with van der Waals surface area (Å²) in [6.07, 6.45) is 4.81. The third kappa shape index (κ3) is 4.51. The lowest BCUT2D eigenvalue weighted by Gasteiger charge is -2.08. The Balaban J connectivity index is 1.61. The summed E-state index contributed by atoms with van der Waals surface area (Å²) in [4.78, 5) is 20.2. The van der Waals surface area contributed by atoms with Gasteiger partial charge in [0.1, 0.15) is 11.6 Å². The van der Waals surface area contributed by atoms with E-state index in [4.69, 9.17) is 11.6 Å². The molecule has 2 heterocycles. The molecule has 3 rings (SSSR count). The molecule has 7 heteroatoms. The molecule has 0 radical (unpaired) electrons. The van der Waals surface area contributed by atoms with Crippen LogP contribution in [-0.2, 0) is 6.54 Å². The number of amides is 1. The molecule has 126 valence electrons. The second-order valence-electron chi connectivity index (χ2n) is 5.22. The van der Waals surface area contributed by atoms with Crippen LogP contribution < -0.4 is 10.6 Å². The topological polar surface area (TPSA) is 66.9 Å². The Hall–Kier alpha value is -2.99. The number of carbonyl (C=O) groups is 1. The Morgan fingerprint density at radius 2 is 1.92 bits per heavy atom. The van der Waals surface area contributed by atoms with E-state index in [9.17, 15) is 9.18 Å². The van der Waals surface area contributed by atoms with Crippen molar-refractivity contribution in [3.63, 3.8) is 0 Å². The minimum atomic E-state index is -0.485. The van der Waals surface area contributed by atoms with Gasteiger partial charge in [-0.15, -0.1) is 0 Å². The first-order valence-corrected chi connectivity index (χ1v) is 7.85. The van der Waals surface area contributed by atoms with E-state index in [1.54, 1.807) is 30.6 Å². The Morgan fingerprint density at radius 3 is 2.60 bits per heavy atom. The largest absolute Gasteiger partial charge is 0.348 e. The molecule has 1 aromatic carbocycles. The summed E-state index contributed by atoms with van der Waals surface area (Å²) in [5.41, 5.74) is 2.01. The first-order valence-electron chi connectivity index (χ1n) is 7.47. The van der Waals surface area contributed by atoms with Gasteiger partial charge in [-0.2, -0.15) is 0 Å². The van der Waals surface area contributed by atoms with Crippen LogP contribution in [0.15, 0.2) is 61.1 Å². The average Bonchev–Trinajstić information content (AvgIpc) is 2.64. The Morgan fingerprint density at radius 1 is 1.12 bits per heavy atom. The van der Waals surface area contributed by atoms with Crippen molar-refractivity contribution in [2.45, 2.75) is 6.54 Å². The summed E-state index contributed by atoms with van der Waals surface area (Å²) in [5, 5.41) is 5.83. The van der Waals surface area contributed by atoms with Gasteiger partial charge in [0.15, 0.2) is 0 Å². The number of halogens is 2. The van der Waals surface area contributed by atoms with Crippen molar-refractivity contribution in [1.82, 2.24) is 15.3 Å². The van der Waals surface area contributed by atoms with E-state index < -0.39 is 5.82 Å². The van der Waals surface area contributed by atoms with Crippen LogP contribution in [0.3, 0.4) is 0 Å². The van der Waals surface area contributed by atoms with Crippen LogP contribution in [-0.4, -0.2) is 15.9 Å². The zero-order valence-electron chi connectivity index (χ0n) is 13.0. The highest BCUT2D eigenvalue weighted by atomic mass is 35.5. The van der Waals surface area contributed by atoms with Crippen LogP contribution in [0.1, 0.15) is 15.9 Å². The van der Waals surface area contributed by atoms with Crippen LogP contribution in [0.5, 0.6) is 0 Å². The van der Waals surface area contributed by atoms with Crippen LogP contribution in [0.4, 0.5) is 15.9 Å². The van der Waals surface area contributed by atoms with Crippen molar-refractivity contribution < 1.29 is 9.18 Å². The van der Waals surface area contributed by atoms with Crippen molar-refractivity contribution in [3.8, 4) is 0 Å². The third-order valence-electron chi connectivity index (χ3n) is 3.42. The lowest BCUT2D eigenvalue weighted by molar-refractivity contribution is 0.0950. The quantitative estimate of drug-likeness (QED) is 0.726. The van der Waals surface area contributed by atoms with Gasteiger partial charge < -0.3 is 10.6 Å². The number of nitrogens with one attached hydrogen (secondary N) is 2. The van der Waals surface area contributed by atoms with Crippen LogP contribution in [0, 0.1) is 5.82 Å². The van der Waals surface area contributed by atoms with Crippen molar-refractivity contribution in [2.24, 2.45) is 0 Å². The molecule has 0 atom stereocenters. The van der Waals surface area contributed by atoms with E-state index in [2.05, 4.69) is 20.6 Å². The lowest BCUT2D eigenvalue weighted by atomic mass is 10.2. The van der Waals surface area contributed by atoms with Crippen molar-refractivity contribution >= 4 is 29.0 Å². The molecular formula is C18H14ClFN4O. The monoisotopic (exact) mass is 356 g/mol. The van der Waals surface area contributed by atoms with Crippen molar-refractivity contribution in [3.05, 3.63) is 83.0 Å². The number of aromatic nitrogens is 2. The zero-order chi connectivity index (χ0) is 17.6. The smallest absolute Gasteiger partial charge is 0.253 e. The van der Waals surface area contributed by atoms with Gasteiger partial charge in [-0.05, 0) is 48.0 Å². The molecule has 25 heavy (non-hydrogen) atoms. The summed E-state index contributed by atoms with van der Waals surface area (Å²) in [5.74, 6) is -0.185. The van der Waals surface area contributed by atoms with Gasteiger partial charge in [0.2, 0.25) is 0 Å². The molecule has 0 bridgehead atoms. The standard InChI is InChI=1S/C18H14ClFN4O/c19-15-9-14(2-3-16(15)20)24-17-4-1-13(11-22-17)18(25)23-10-12-5-7-21-8-6-12/h1-9,11H,10H2,(H,22,24)(H,23,25). The highest BCUT2D eigenvalue weighted by molar-refractivity contribution is 6.31. The molecule has 0 saturated heterocycles. The molecule has 3 aromatic rings. The maximum Gasteiger partial charge on any atom is 0.253 e. The van der Waals surface area contributed by atoms with E-state index in [1.807, 2.05) is 12.1 Å². The Bertz CT molecular complexity index is 872. The first kappa shape index (κ1) is 16.9. The number of hydrogen-bond donors (Lipinski definition) is 2. The zero-order valence-corrected chi connectivity index (χ0v) is 13.8. The summed E-state index contributed by atoms with van der Waals surface area (Å²) in [6.45, 7) is 0.412.